The molecule has 6 aromatic rings. The van der Waals surface area contributed by atoms with Gasteiger partial charge in [0, 0.05) is 80.1 Å². The minimum Gasteiger partial charge on any atom is -0.451 e. The Balaban J connectivity index is 1.19. The number of rotatable bonds is 11. The number of benzene rings is 4. The molecule has 2 saturated heterocycles. The Morgan fingerprint density at radius 3 is 2.19 bits per heavy atom. The molecule has 0 spiro atoms. The van der Waals surface area contributed by atoms with Gasteiger partial charge in [0.1, 0.15) is 16.8 Å². The predicted octanol–water partition coefficient (Wildman–Crippen LogP) is 3.69. The molecule has 13 heteroatoms. The Bertz CT molecular complexity index is 2520. The molecular formula is C40H43FN6O6. The summed E-state index contributed by atoms with van der Waals surface area (Å²) < 4.78 is 29.5. The zero-order chi connectivity index (χ0) is 36.6. The molecule has 0 unspecified atom stereocenters. The summed E-state index contributed by atoms with van der Waals surface area (Å²) >= 11 is 0. The summed E-state index contributed by atoms with van der Waals surface area (Å²) in [4.78, 5) is 61.9. The third kappa shape index (κ3) is 6.74. The molecule has 0 atom stereocenters. The normalized spacial score (nSPS) is 16.4. The smallest absolute Gasteiger partial charge is 0.256 e. The van der Waals surface area contributed by atoms with Crippen molar-refractivity contribution in [1.29, 1.82) is 0 Å². The topological polar surface area (TPSA) is 129 Å². The molecule has 2 fully saturated rings. The van der Waals surface area contributed by atoms with Crippen LogP contribution >= 0.6 is 0 Å². The molecule has 2 aliphatic rings. The monoisotopic (exact) mass is 722 g/mol. The molecule has 0 radical (unpaired) electrons. The van der Waals surface area contributed by atoms with E-state index in [0.29, 0.717) is 35.8 Å². The highest BCUT2D eigenvalue weighted by atomic mass is 19.1. The molecule has 2 aliphatic heterocycles. The van der Waals surface area contributed by atoms with E-state index in [1.807, 2.05) is 0 Å². The maximum atomic E-state index is 16.1. The van der Waals surface area contributed by atoms with Crippen LogP contribution in [0.15, 0.2) is 67.5 Å². The number of unbranched alkanes of at least 4 members (excludes halogenated alkanes) is 1. The Hall–Kier alpha value is -4.95. The van der Waals surface area contributed by atoms with Crippen molar-refractivity contribution < 1.29 is 18.3 Å². The predicted molar refractivity (Wildman–Crippen MR) is 206 cm³/mol. The van der Waals surface area contributed by atoms with E-state index in [1.54, 1.807) is 34.7 Å². The zero-order valence-electron chi connectivity index (χ0n) is 29.8. The number of carbonyl (C=O) groups excluding carboxylic acids is 1. The van der Waals surface area contributed by atoms with Crippen molar-refractivity contribution in [2.75, 3.05) is 91.0 Å². The largest absolute Gasteiger partial charge is 0.451 e. The molecule has 12 nitrogen and oxygen atoms in total. The number of carbonyl (C=O) groups is 1. The molecule has 1 amide bonds. The van der Waals surface area contributed by atoms with E-state index >= 15 is 4.39 Å². The van der Waals surface area contributed by atoms with Gasteiger partial charge in [-0.25, -0.2) is 4.39 Å². The van der Waals surface area contributed by atoms with Gasteiger partial charge in [-0.3, -0.25) is 24.1 Å². The van der Waals surface area contributed by atoms with E-state index in [0.717, 1.165) is 84.5 Å². The Labute approximate surface area is 304 Å². The summed E-state index contributed by atoms with van der Waals surface area (Å²) in [5, 5.41) is 7.00. The minimum absolute atomic E-state index is 0.0310. The van der Waals surface area contributed by atoms with Gasteiger partial charge < -0.3 is 34.0 Å². The van der Waals surface area contributed by atoms with Crippen molar-refractivity contribution in [2.45, 2.75) is 19.3 Å². The second-order valence-electron chi connectivity index (χ2n) is 14.2. The first kappa shape index (κ1) is 35.1. The van der Waals surface area contributed by atoms with E-state index in [1.165, 1.54) is 12.3 Å². The SMILES string of the molecule is CN1CCN(CCCNC(=O)c2cn3c4cc5c(=O)c6ccccc6c(=O)c5cc4oc4c(NCCCCN5CCOCC5)c(F)cc(c2=O)c43)CC1. The quantitative estimate of drug-likeness (QED) is 0.116. The average Bonchev–Trinajstić information content (AvgIpc) is 3.17. The highest BCUT2D eigenvalue weighted by Gasteiger charge is 2.24. The fourth-order valence-corrected chi connectivity index (χ4v) is 7.71. The van der Waals surface area contributed by atoms with Crippen LogP contribution in [0.3, 0.4) is 0 Å². The van der Waals surface area contributed by atoms with Crippen LogP contribution in [0.1, 0.15) is 29.6 Å². The van der Waals surface area contributed by atoms with Gasteiger partial charge in [-0.2, -0.15) is 0 Å². The van der Waals surface area contributed by atoms with Crippen LogP contribution in [0.5, 0.6) is 0 Å². The van der Waals surface area contributed by atoms with Crippen molar-refractivity contribution in [1.82, 2.24) is 24.4 Å². The van der Waals surface area contributed by atoms with E-state index in [9.17, 15) is 19.2 Å². The molecule has 53 heavy (non-hydrogen) atoms. The number of fused-ring (bicyclic) bond motifs is 4. The zero-order valence-corrected chi connectivity index (χ0v) is 29.8. The van der Waals surface area contributed by atoms with Gasteiger partial charge >= 0.3 is 0 Å². The fraction of sp³-hybridized carbons (Fsp3) is 0.400. The number of anilines is 1. The van der Waals surface area contributed by atoms with Crippen LogP contribution in [0.2, 0.25) is 0 Å². The number of nitrogens with one attached hydrogen (secondary N) is 2. The molecule has 4 heterocycles. The lowest BCUT2D eigenvalue weighted by Gasteiger charge is -2.32. The van der Waals surface area contributed by atoms with Gasteiger partial charge in [0.15, 0.2) is 27.8 Å². The molecule has 2 N–H and O–H groups in total. The van der Waals surface area contributed by atoms with Crippen LogP contribution in [0, 0.1) is 5.82 Å². The lowest BCUT2D eigenvalue weighted by Crippen LogP contribution is -2.45. The van der Waals surface area contributed by atoms with Crippen LogP contribution in [-0.4, -0.2) is 111 Å². The number of hydrogen-bond donors (Lipinski definition) is 2. The van der Waals surface area contributed by atoms with Crippen LogP contribution in [0.25, 0.3) is 49.1 Å². The fourth-order valence-electron chi connectivity index (χ4n) is 7.71. The number of piperazine rings is 1. The number of hydrogen-bond acceptors (Lipinski definition) is 10. The van der Waals surface area contributed by atoms with E-state index in [2.05, 4.69) is 32.4 Å². The van der Waals surface area contributed by atoms with E-state index in [-0.39, 0.29) is 54.9 Å². The molecule has 0 bridgehead atoms. The second kappa shape index (κ2) is 14.8. The van der Waals surface area contributed by atoms with Gasteiger partial charge in [0.2, 0.25) is 5.43 Å². The number of amides is 1. The molecule has 2 aromatic heterocycles. The van der Waals surface area contributed by atoms with Crippen molar-refractivity contribution in [3.05, 3.63) is 90.7 Å². The van der Waals surface area contributed by atoms with Crippen molar-refractivity contribution in [3.8, 4) is 0 Å². The lowest BCUT2D eigenvalue weighted by molar-refractivity contribution is 0.0373. The summed E-state index contributed by atoms with van der Waals surface area (Å²) in [5.41, 5.74) is -0.470. The number of ether oxygens (including phenoxy) is 1. The third-order valence-electron chi connectivity index (χ3n) is 10.8. The first-order chi connectivity index (χ1) is 25.8. The van der Waals surface area contributed by atoms with Gasteiger partial charge in [-0.1, -0.05) is 24.3 Å². The summed E-state index contributed by atoms with van der Waals surface area (Å²) in [7, 11) is 2.10. The van der Waals surface area contributed by atoms with Crippen molar-refractivity contribution >= 4 is 60.7 Å². The van der Waals surface area contributed by atoms with Crippen LogP contribution < -0.4 is 26.9 Å². The van der Waals surface area contributed by atoms with Crippen LogP contribution in [0.4, 0.5) is 10.1 Å². The maximum Gasteiger partial charge on any atom is 0.256 e. The Kier molecular flexibility index (Phi) is 9.81. The van der Waals surface area contributed by atoms with Crippen LogP contribution in [-0.2, 0) is 4.74 Å². The molecular weight excluding hydrogens is 679 g/mol. The minimum atomic E-state index is -0.698. The van der Waals surface area contributed by atoms with Gasteiger partial charge in [-0.05, 0) is 57.6 Å². The Morgan fingerprint density at radius 2 is 1.45 bits per heavy atom. The Morgan fingerprint density at radius 1 is 0.774 bits per heavy atom. The average molecular weight is 723 g/mol. The second-order valence-corrected chi connectivity index (χ2v) is 14.2. The molecule has 276 valence electrons. The maximum absolute atomic E-state index is 16.1. The lowest BCUT2D eigenvalue weighted by atomic mass is 10.0. The highest BCUT2D eigenvalue weighted by Crippen LogP contribution is 2.35. The number of likely N-dealkylation sites (N-methyl/N-ethyl adjacent to an activating group) is 1. The van der Waals surface area contributed by atoms with Crippen molar-refractivity contribution in [3.63, 3.8) is 0 Å². The highest BCUT2D eigenvalue weighted by molar-refractivity contribution is 6.08. The number of pyridine rings is 1. The number of morpholine rings is 1. The molecule has 0 saturated carbocycles. The summed E-state index contributed by atoms with van der Waals surface area (Å²) in [6, 6.07) is 10.9. The summed E-state index contributed by atoms with van der Waals surface area (Å²) in [5.74, 6) is -1.27. The number of nitrogens with zero attached hydrogens (tertiary/aromatic N) is 4. The summed E-state index contributed by atoms with van der Waals surface area (Å²) in [6.07, 6.45) is 3.79. The summed E-state index contributed by atoms with van der Waals surface area (Å²) in [6.45, 7) is 9.67. The van der Waals surface area contributed by atoms with E-state index in [4.69, 9.17) is 9.15 Å². The van der Waals surface area contributed by atoms with E-state index < -0.39 is 17.2 Å². The van der Waals surface area contributed by atoms with Gasteiger partial charge in [0.25, 0.3) is 5.91 Å². The third-order valence-corrected chi connectivity index (χ3v) is 10.8. The molecule has 0 aliphatic carbocycles. The van der Waals surface area contributed by atoms with Crippen molar-refractivity contribution in [2.24, 2.45) is 0 Å². The first-order valence-electron chi connectivity index (χ1n) is 18.5. The van der Waals surface area contributed by atoms with Gasteiger partial charge in [-0.15, -0.1) is 0 Å². The van der Waals surface area contributed by atoms with Gasteiger partial charge in [0.05, 0.1) is 24.1 Å². The number of halogens is 1. The molecule has 4 aromatic carbocycles. The number of aromatic nitrogens is 1. The first-order valence-corrected chi connectivity index (χ1v) is 18.5. The molecule has 8 rings (SSSR count). The standard InChI is InChI=1S/C40H43FN6O6/c1-44-13-15-45(16-14-44)12-6-10-43-40(51)30-24-47-32-22-27-28(37(49)26-8-3-2-7-25(26)36(27)48)23-33(32)53-39-34(31(41)21-29(35(39)47)38(30)50)42-9-4-5-11-46-17-19-52-20-18-46/h2-3,7-8,21-24,42H,4-6,9-20H2,1H3,(H,43,51).